The van der Waals surface area contributed by atoms with Gasteiger partial charge in [0, 0.05) is 0 Å². The van der Waals surface area contributed by atoms with E-state index in [2.05, 4.69) is 0 Å². The third kappa shape index (κ3) is 34.1. The minimum Gasteiger partial charge on any atom is -0.378 e. The van der Waals surface area contributed by atoms with Gasteiger partial charge in [0.1, 0.15) is 0 Å². The summed E-state index contributed by atoms with van der Waals surface area (Å²) in [5.41, 5.74) is 0. The van der Waals surface area contributed by atoms with Crippen molar-refractivity contribution in [3.63, 3.8) is 0 Å². The second-order valence-corrected chi connectivity index (χ2v) is 1.83. The number of nitriles is 1. The summed E-state index contributed by atoms with van der Waals surface area (Å²) in [6.07, 6.45) is 0.751. The number of rotatable bonds is 3. The van der Waals surface area contributed by atoms with Gasteiger partial charge in [-0.1, -0.05) is 28.7 Å². The van der Waals surface area contributed by atoms with Gasteiger partial charge in [-0.15, -0.1) is 0 Å². The smallest absolute Gasteiger partial charge is 0.0645 e. The second kappa shape index (κ2) is 22.4. The van der Waals surface area contributed by atoms with E-state index in [1.54, 1.807) is 0 Å². The first kappa shape index (κ1) is 22.5. The molecule has 0 N–H and O–H groups in total. The van der Waals surface area contributed by atoms with Crippen molar-refractivity contribution < 1.29 is 4.74 Å². The van der Waals surface area contributed by atoms with E-state index in [9.17, 15) is 0 Å². The van der Waals surface area contributed by atoms with Gasteiger partial charge < -0.3 is 4.74 Å². The number of ether oxygens (including phenoxy) is 1. The first-order chi connectivity index (χ1) is 4.77. The van der Waals surface area contributed by atoms with Gasteiger partial charge >= 0.3 is 0 Å². The van der Waals surface area contributed by atoms with E-state index in [0.717, 1.165) is 0 Å². The maximum atomic E-state index is 8.05. The molecule has 0 aliphatic rings. The maximum Gasteiger partial charge on any atom is 0.0645 e. The van der Waals surface area contributed by atoms with Crippen LogP contribution in [0.2, 0.25) is 0 Å². The molecule has 0 heterocycles. The van der Waals surface area contributed by atoms with Crippen LogP contribution < -0.4 is 0 Å². The van der Waals surface area contributed by atoms with E-state index < -0.39 is 0 Å². The quantitative estimate of drug-likeness (QED) is 0.614. The van der Waals surface area contributed by atoms with Gasteiger partial charge in [-0.3, -0.25) is 0 Å². The monoisotopic (exact) mass is 175 g/mol. The molecule has 0 atom stereocenters. The molecule has 0 unspecified atom stereocenters. The molecule has 0 fully saturated rings. The van der Waals surface area contributed by atoms with Crippen molar-refractivity contribution in [2.75, 3.05) is 6.61 Å². The molecule has 0 radical (unpaired) electrons. The zero-order valence-electron chi connectivity index (χ0n) is 7.35. The summed E-state index contributed by atoms with van der Waals surface area (Å²) in [6, 6.07) is 2.00. The van der Waals surface area contributed by atoms with E-state index in [4.69, 9.17) is 10.00 Å². The zero-order valence-corrected chi connectivity index (χ0v) is 7.35. The average molecular weight is 175 g/mol. The highest BCUT2D eigenvalue weighted by atomic mass is 16.5. The van der Waals surface area contributed by atoms with Crippen molar-refractivity contribution in [1.29, 1.82) is 5.26 Å². The largest absolute Gasteiger partial charge is 0.378 e. The van der Waals surface area contributed by atoms with Gasteiger partial charge in [-0.05, 0) is 13.8 Å². The van der Waals surface area contributed by atoms with Crippen molar-refractivity contribution in [3.8, 4) is 6.07 Å². The Morgan fingerprint density at radius 1 is 1.25 bits per heavy atom. The summed E-state index contributed by atoms with van der Waals surface area (Å²) in [7, 11) is 0. The van der Waals surface area contributed by atoms with Crippen LogP contribution in [-0.2, 0) is 4.74 Å². The highest BCUT2D eigenvalue weighted by Crippen LogP contribution is 1.87. The average Bonchev–Trinajstić information content (AvgIpc) is 1.92. The summed E-state index contributed by atoms with van der Waals surface area (Å²) >= 11 is 0. The summed E-state index contributed by atoms with van der Waals surface area (Å²) < 4.78 is 5.06. The Kier molecular flexibility index (Phi) is 42.1. The first-order valence-electron chi connectivity index (χ1n) is 3.76. The van der Waals surface area contributed by atoms with E-state index >= 15 is 0 Å². The summed E-state index contributed by atoms with van der Waals surface area (Å²) in [6.45, 7) is 8.48. The number of nitrogens with zero attached hydrogens (tertiary/aromatic N) is 1. The first-order valence-corrected chi connectivity index (χ1v) is 3.76. The van der Waals surface area contributed by atoms with Crippen molar-refractivity contribution in [3.05, 3.63) is 0 Å². The molecule has 0 aliphatic carbocycles. The molecular weight excluding hydrogens is 150 g/mol. The molecular formula is C10H25NO. The topological polar surface area (TPSA) is 33.0 Å². The van der Waals surface area contributed by atoms with Crippen LogP contribution in [0.3, 0.4) is 0 Å². The van der Waals surface area contributed by atoms with E-state index in [0.29, 0.717) is 13.0 Å². The fourth-order valence-corrected chi connectivity index (χ4v) is 0.340. The van der Waals surface area contributed by atoms with Crippen LogP contribution in [0.1, 0.15) is 49.0 Å². The summed E-state index contributed by atoms with van der Waals surface area (Å²) in [5.74, 6) is 0. The predicted octanol–water partition coefficient (Wildman–Crippen LogP) is 3.62. The number of hydrogen-bond acceptors (Lipinski definition) is 2. The molecule has 0 aliphatic heterocycles. The Morgan fingerprint density at radius 3 is 1.92 bits per heavy atom. The van der Waals surface area contributed by atoms with E-state index in [1.165, 1.54) is 0 Å². The highest BCUT2D eigenvalue weighted by Gasteiger charge is 1.89. The molecule has 0 amide bonds. The third-order valence-electron chi connectivity index (χ3n) is 0.665. The number of hydrogen-bond donors (Lipinski definition) is 0. The van der Waals surface area contributed by atoms with Crippen LogP contribution >= 0.6 is 0 Å². The van der Waals surface area contributed by atoms with Gasteiger partial charge in [0.25, 0.3) is 0 Å². The van der Waals surface area contributed by atoms with Crippen LogP contribution in [0.25, 0.3) is 0 Å². The third-order valence-corrected chi connectivity index (χ3v) is 0.665. The lowest BCUT2D eigenvalue weighted by atomic mass is 10.4. The fourth-order valence-electron chi connectivity index (χ4n) is 0.340. The van der Waals surface area contributed by atoms with Gasteiger partial charge in [0.2, 0.25) is 0 Å². The van der Waals surface area contributed by atoms with Crippen LogP contribution in [-0.4, -0.2) is 12.7 Å². The Bertz CT molecular complexity index is 84.3. The van der Waals surface area contributed by atoms with Crippen molar-refractivity contribution in [2.24, 2.45) is 0 Å². The predicted molar refractivity (Wildman–Crippen MR) is 56.1 cm³/mol. The van der Waals surface area contributed by atoms with Crippen molar-refractivity contribution in [1.82, 2.24) is 0 Å². The lowest BCUT2D eigenvalue weighted by molar-refractivity contribution is 0.0834. The summed E-state index contributed by atoms with van der Waals surface area (Å²) in [4.78, 5) is 0. The summed E-state index contributed by atoms with van der Waals surface area (Å²) in [5, 5.41) is 8.05. The standard InChI is InChI=1S/C6H11NO.C2H6.2CH4/c1-6(2)8-5-3-4-7;1-2;;/h6H,3,5H2,1-2H3;1-2H3;2*1H4. The molecule has 0 aromatic rings. The normalized spacial score (nSPS) is 6.67. The highest BCUT2D eigenvalue weighted by molar-refractivity contribution is 4.67. The minimum atomic E-state index is 0. The van der Waals surface area contributed by atoms with Gasteiger partial charge in [-0.25, -0.2) is 0 Å². The molecule has 0 bridgehead atoms. The van der Waals surface area contributed by atoms with E-state index in [1.807, 2.05) is 33.8 Å². The van der Waals surface area contributed by atoms with Crippen LogP contribution in [0.5, 0.6) is 0 Å². The maximum absolute atomic E-state index is 8.05. The molecule has 0 spiro atoms. The van der Waals surface area contributed by atoms with Crippen LogP contribution in [0.15, 0.2) is 0 Å². The Labute approximate surface area is 78.5 Å². The van der Waals surface area contributed by atoms with Gasteiger partial charge in [-0.2, -0.15) is 5.26 Å². The van der Waals surface area contributed by atoms with Gasteiger partial charge in [0.15, 0.2) is 0 Å². The Hall–Kier alpha value is -0.550. The Morgan fingerprint density at radius 2 is 1.67 bits per heavy atom. The minimum absolute atomic E-state index is 0. The molecule has 12 heavy (non-hydrogen) atoms. The molecule has 0 aromatic carbocycles. The molecule has 0 rings (SSSR count). The van der Waals surface area contributed by atoms with Crippen LogP contribution in [0, 0.1) is 11.3 Å². The van der Waals surface area contributed by atoms with Crippen molar-refractivity contribution >= 4 is 0 Å². The van der Waals surface area contributed by atoms with E-state index in [-0.39, 0.29) is 21.0 Å². The molecule has 0 saturated heterocycles. The van der Waals surface area contributed by atoms with Crippen LogP contribution in [0.4, 0.5) is 0 Å². The Balaban J connectivity index is -0.0000000740. The SMILES string of the molecule is C.C.CC.CC(C)OCCC#N. The van der Waals surface area contributed by atoms with Gasteiger partial charge in [0.05, 0.1) is 25.2 Å². The molecule has 2 nitrogen and oxygen atoms in total. The fraction of sp³-hybridized carbons (Fsp3) is 0.900. The lowest BCUT2D eigenvalue weighted by Crippen LogP contribution is -2.02. The second-order valence-electron chi connectivity index (χ2n) is 1.83. The molecule has 0 saturated carbocycles. The van der Waals surface area contributed by atoms with Crippen molar-refractivity contribution in [2.45, 2.75) is 55.1 Å². The lowest BCUT2D eigenvalue weighted by Gasteiger charge is -2.02. The zero-order chi connectivity index (χ0) is 8.41. The molecule has 2 heteroatoms. The molecule has 76 valence electrons. The molecule has 0 aromatic heterocycles.